The van der Waals surface area contributed by atoms with Gasteiger partial charge in [-0.15, -0.1) is 0 Å². The van der Waals surface area contributed by atoms with Crippen LogP contribution in [0.4, 0.5) is 0 Å². The highest BCUT2D eigenvalue weighted by molar-refractivity contribution is 5.74. The van der Waals surface area contributed by atoms with Gasteiger partial charge in [0.05, 0.1) is 7.11 Å². The Kier molecular flexibility index (Phi) is 6.18. The largest absolute Gasteiger partial charge is 0.431 e. The molecule has 0 amide bonds. The van der Waals surface area contributed by atoms with Crippen molar-refractivity contribution in [1.29, 1.82) is 5.26 Å². The van der Waals surface area contributed by atoms with Crippen LogP contribution in [0.2, 0.25) is 0 Å². The molecular formula is C9H9NO2. The summed E-state index contributed by atoms with van der Waals surface area (Å²) in [5, 5.41) is 7.40. The lowest BCUT2D eigenvalue weighted by Gasteiger charge is -1.81. The van der Waals surface area contributed by atoms with Gasteiger partial charge in [-0.2, -0.15) is 5.26 Å². The van der Waals surface area contributed by atoms with Crippen molar-refractivity contribution in [1.82, 2.24) is 0 Å². The van der Waals surface area contributed by atoms with Crippen LogP contribution in [-0.4, -0.2) is 13.4 Å². The maximum absolute atomic E-state index is 10.0. The number of carbonyl (C=O) groups is 1. The fourth-order valence-corrected chi connectivity index (χ4v) is 0.532. The van der Waals surface area contributed by atoms with E-state index in [1.54, 1.807) is 12.1 Å². The van der Waals surface area contributed by atoms with Crippen molar-refractivity contribution >= 4 is 6.29 Å². The first-order valence-corrected chi connectivity index (χ1v) is 3.27. The van der Waals surface area contributed by atoms with Gasteiger partial charge < -0.3 is 4.74 Å². The van der Waals surface area contributed by atoms with Crippen LogP contribution >= 0.6 is 0 Å². The minimum atomic E-state index is 0.729. The first kappa shape index (κ1) is 10.2. The van der Waals surface area contributed by atoms with Gasteiger partial charge in [0.15, 0.2) is 0 Å². The predicted molar refractivity (Wildman–Crippen MR) is 44.5 cm³/mol. The molecule has 0 bridgehead atoms. The molecule has 0 spiro atoms. The lowest BCUT2D eigenvalue weighted by Crippen LogP contribution is -1.73. The molecule has 0 atom stereocenters. The number of carbonyl (C=O) groups excluding carboxylic acids is 1. The zero-order chi connectivity index (χ0) is 9.23. The number of benzene rings is 1. The van der Waals surface area contributed by atoms with Crippen molar-refractivity contribution in [2.24, 2.45) is 0 Å². The molecule has 0 aliphatic carbocycles. The molecule has 1 aromatic rings. The molecule has 0 saturated carbocycles. The van der Waals surface area contributed by atoms with E-state index < -0.39 is 0 Å². The Bertz CT molecular complexity index is 251. The molecular weight excluding hydrogens is 154 g/mol. The standard InChI is InChI=1S/C7H6O.C2H3NO/c8-6-7-4-2-1-3-5-7;1-4-2-3/h1-6H;1H3. The third kappa shape index (κ3) is 5.00. The Hall–Kier alpha value is -1.82. The minimum absolute atomic E-state index is 0.729. The van der Waals surface area contributed by atoms with Crippen LogP contribution in [0.15, 0.2) is 30.3 Å². The summed E-state index contributed by atoms with van der Waals surface area (Å²) in [6.07, 6.45) is 2.26. The van der Waals surface area contributed by atoms with Crippen molar-refractivity contribution in [2.45, 2.75) is 0 Å². The van der Waals surface area contributed by atoms with Gasteiger partial charge in [-0.1, -0.05) is 30.3 Å². The molecule has 1 aromatic carbocycles. The molecule has 0 saturated heterocycles. The van der Waals surface area contributed by atoms with Crippen LogP contribution in [0.1, 0.15) is 10.4 Å². The highest BCUT2D eigenvalue weighted by atomic mass is 16.5. The number of ether oxygens (including phenoxy) is 1. The van der Waals surface area contributed by atoms with E-state index in [0.717, 1.165) is 11.8 Å². The number of hydrogen-bond acceptors (Lipinski definition) is 3. The first-order chi connectivity index (χ1) is 5.85. The maximum atomic E-state index is 10.0. The van der Waals surface area contributed by atoms with Gasteiger partial charge in [-0.3, -0.25) is 4.79 Å². The molecule has 0 radical (unpaired) electrons. The Morgan fingerprint density at radius 1 is 1.42 bits per heavy atom. The van der Waals surface area contributed by atoms with Gasteiger partial charge in [0.1, 0.15) is 6.29 Å². The molecule has 0 aromatic heterocycles. The van der Waals surface area contributed by atoms with Crippen molar-refractivity contribution in [3.63, 3.8) is 0 Å². The van der Waals surface area contributed by atoms with E-state index in [4.69, 9.17) is 5.26 Å². The third-order valence-electron chi connectivity index (χ3n) is 1.03. The Balaban J connectivity index is 0.000000261. The van der Waals surface area contributed by atoms with Crippen LogP contribution in [0.25, 0.3) is 0 Å². The van der Waals surface area contributed by atoms with Crippen molar-refractivity contribution < 1.29 is 9.53 Å². The number of rotatable bonds is 1. The molecule has 12 heavy (non-hydrogen) atoms. The number of nitrogens with zero attached hydrogens (tertiary/aromatic N) is 1. The van der Waals surface area contributed by atoms with E-state index >= 15 is 0 Å². The second-order valence-electron chi connectivity index (χ2n) is 1.82. The third-order valence-corrected chi connectivity index (χ3v) is 1.03. The fraction of sp³-hybridized carbons (Fsp3) is 0.111. The fourth-order valence-electron chi connectivity index (χ4n) is 0.532. The van der Waals surface area contributed by atoms with Gasteiger partial charge in [0, 0.05) is 5.56 Å². The second kappa shape index (κ2) is 7.29. The molecule has 0 unspecified atom stereocenters. The smallest absolute Gasteiger partial charge is 0.286 e. The molecule has 3 nitrogen and oxygen atoms in total. The highest BCUT2D eigenvalue weighted by Gasteiger charge is 1.79. The van der Waals surface area contributed by atoms with Gasteiger partial charge in [0.2, 0.25) is 0 Å². The molecule has 0 heterocycles. The highest BCUT2D eigenvalue weighted by Crippen LogP contribution is 1.91. The van der Waals surface area contributed by atoms with Crippen LogP contribution in [0.3, 0.4) is 0 Å². The summed E-state index contributed by atoms with van der Waals surface area (Å²) in [7, 11) is 1.32. The Labute approximate surface area is 71.2 Å². The molecule has 0 aliphatic heterocycles. The van der Waals surface area contributed by atoms with Crippen molar-refractivity contribution in [3.8, 4) is 6.26 Å². The first-order valence-electron chi connectivity index (χ1n) is 3.27. The summed E-state index contributed by atoms with van der Waals surface area (Å²) in [4.78, 5) is 10.0. The summed E-state index contributed by atoms with van der Waals surface area (Å²) in [5.74, 6) is 0. The number of hydrogen-bond donors (Lipinski definition) is 0. The molecule has 0 fully saturated rings. The van der Waals surface area contributed by atoms with E-state index in [1.807, 2.05) is 18.2 Å². The Morgan fingerprint density at radius 3 is 2.17 bits per heavy atom. The van der Waals surface area contributed by atoms with E-state index in [0.29, 0.717) is 0 Å². The van der Waals surface area contributed by atoms with Gasteiger partial charge in [-0.25, -0.2) is 0 Å². The van der Waals surface area contributed by atoms with Gasteiger partial charge in [0.25, 0.3) is 6.26 Å². The zero-order valence-electron chi connectivity index (χ0n) is 6.73. The maximum Gasteiger partial charge on any atom is 0.286 e. The van der Waals surface area contributed by atoms with Crippen molar-refractivity contribution in [2.75, 3.05) is 7.11 Å². The van der Waals surface area contributed by atoms with E-state index in [1.165, 1.54) is 13.4 Å². The van der Waals surface area contributed by atoms with E-state index in [2.05, 4.69) is 4.74 Å². The molecule has 1 rings (SSSR count). The quantitative estimate of drug-likeness (QED) is 0.466. The molecule has 0 aliphatic rings. The summed E-state index contributed by atoms with van der Waals surface area (Å²) in [6, 6.07) is 9.10. The normalized spacial score (nSPS) is 7.00. The average Bonchev–Trinajstić information content (AvgIpc) is 2.19. The number of aldehydes is 1. The van der Waals surface area contributed by atoms with Crippen molar-refractivity contribution in [3.05, 3.63) is 35.9 Å². The lowest BCUT2D eigenvalue weighted by molar-refractivity contribution is 0.112. The average molecular weight is 163 g/mol. The SMILES string of the molecule is COC#N.O=Cc1ccccc1. The van der Waals surface area contributed by atoms with E-state index in [-0.39, 0.29) is 0 Å². The predicted octanol–water partition coefficient (Wildman–Crippen LogP) is 1.61. The number of methoxy groups -OCH3 is 1. The summed E-state index contributed by atoms with van der Waals surface area (Å²) in [5.41, 5.74) is 0.729. The number of nitriles is 1. The molecule has 3 heteroatoms. The topological polar surface area (TPSA) is 50.1 Å². The van der Waals surface area contributed by atoms with Crippen LogP contribution in [-0.2, 0) is 4.74 Å². The minimum Gasteiger partial charge on any atom is -0.431 e. The summed E-state index contributed by atoms with van der Waals surface area (Å²) in [6.45, 7) is 0. The van der Waals surface area contributed by atoms with Crippen LogP contribution in [0.5, 0.6) is 0 Å². The van der Waals surface area contributed by atoms with Crippen LogP contribution in [0, 0.1) is 11.5 Å². The lowest BCUT2D eigenvalue weighted by atomic mass is 10.2. The zero-order valence-corrected chi connectivity index (χ0v) is 6.73. The second-order valence-corrected chi connectivity index (χ2v) is 1.82. The molecule has 62 valence electrons. The summed E-state index contributed by atoms with van der Waals surface area (Å²) >= 11 is 0. The van der Waals surface area contributed by atoms with E-state index in [9.17, 15) is 4.79 Å². The molecule has 0 N–H and O–H groups in total. The van der Waals surface area contributed by atoms with Crippen LogP contribution < -0.4 is 0 Å². The monoisotopic (exact) mass is 163 g/mol. The van der Waals surface area contributed by atoms with Gasteiger partial charge in [-0.05, 0) is 0 Å². The Morgan fingerprint density at radius 2 is 1.92 bits per heavy atom. The summed E-state index contributed by atoms with van der Waals surface area (Å²) < 4.78 is 3.85. The van der Waals surface area contributed by atoms with Gasteiger partial charge >= 0.3 is 0 Å².